The van der Waals surface area contributed by atoms with Gasteiger partial charge in [-0.1, -0.05) is 6.07 Å². The Balaban J connectivity index is 1.89. The Kier molecular flexibility index (Phi) is 2.70. The first-order valence-electron chi connectivity index (χ1n) is 6.21. The molecule has 3 aromatic rings. The highest BCUT2D eigenvalue weighted by Gasteiger charge is 2.12. The average molecular weight is 275 g/mol. The van der Waals surface area contributed by atoms with Gasteiger partial charge in [-0.3, -0.25) is 5.09 Å². The molecule has 0 spiro atoms. The Morgan fingerprint density at radius 3 is 3.05 bits per heavy atom. The van der Waals surface area contributed by atoms with Crippen LogP contribution in [0.2, 0.25) is 1.41 Å². The molecule has 0 radical (unpaired) electrons. The van der Waals surface area contributed by atoms with Gasteiger partial charge in [0, 0.05) is 31.1 Å². The minimum Gasteiger partial charge on any atom is -0.472 e. The molecule has 0 atom stereocenters. The van der Waals surface area contributed by atoms with Crippen molar-refractivity contribution >= 4 is 0 Å². The van der Waals surface area contributed by atoms with E-state index in [1.807, 2.05) is 0 Å². The molecule has 3 rings (SSSR count). The Labute approximate surface area is 114 Å². The first-order chi connectivity index (χ1) is 10.1. The Morgan fingerprint density at radius 2 is 2.35 bits per heavy atom. The second-order valence-electron chi connectivity index (χ2n) is 3.94. The van der Waals surface area contributed by atoms with E-state index < -0.39 is 5.69 Å². The first-order valence-corrected chi connectivity index (χ1v) is 5.76. The fourth-order valence-corrected chi connectivity index (χ4v) is 1.63. The third-order valence-corrected chi connectivity index (χ3v) is 2.61. The molecule has 0 aromatic carbocycles. The Morgan fingerprint density at radius 1 is 1.45 bits per heavy atom. The smallest absolute Gasteiger partial charge is 0.369 e. The van der Waals surface area contributed by atoms with E-state index in [4.69, 9.17) is 6.15 Å². The van der Waals surface area contributed by atoms with E-state index in [2.05, 4.69) is 20.5 Å². The molecule has 0 unspecified atom stereocenters. The summed E-state index contributed by atoms with van der Waals surface area (Å²) in [6, 6.07) is 5.06. The molecule has 9 nitrogen and oxygen atoms in total. The predicted octanol–water partition coefficient (Wildman–Crippen LogP) is -0.337. The molecule has 0 bridgehead atoms. The van der Waals surface area contributed by atoms with E-state index in [0.29, 0.717) is 17.3 Å². The number of aromatic amines is 1. The van der Waals surface area contributed by atoms with Gasteiger partial charge >= 0.3 is 5.69 Å². The molecule has 0 amide bonds. The summed E-state index contributed by atoms with van der Waals surface area (Å²) in [5.41, 5.74) is 0.255. The topological polar surface area (TPSA) is 104 Å². The molecule has 1 N–H and O–H groups in total. The number of pyridine rings is 1. The van der Waals surface area contributed by atoms with Crippen LogP contribution in [0.4, 0.5) is 0 Å². The maximum Gasteiger partial charge on any atom is 0.369 e. The van der Waals surface area contributed by atoms with Crippen molar-refractivity contribution in [3.63, 3.8) is 0 Å². The summed E-state index contributed by atoms with van der Waals surface area (Å²) in [7, 11) is 1.51. The summed E-state index contributed by atoms with van der Waals surface area (Å²) in [4.78, 5) is 16.0. The second-order valence-corrected chi connectivity index (χ2v) is 3.94. The van der Waals surface area contributed by atoms with Gasteiger partial charge in [-0.25, -0.2) is 9.78 Å². The highest BCUT2D eigenvalue weighted by atomic mass is 16.5. The normalized spacial score (nSPS) is 11.3. The standard InChI is InChI=1S/C11H11N7O2/c1-17-11(19)18(16-15-17)10-8(3-2-5-12-10)7-20-9-4-6-13-14-9/h2-6H,7H2,1H3,(H,13,14)/i/hT. The number of ether oxygens (including phenoxy) is 1. The van der Waals surface area contributed by atoms with E-state index in [0.717, 1.165) is 14.5 Å². The van der Waals surface area contributed by atoms with Crippen LogP contribution in [0.25, 0.3) is 5.82 Å². The fourth-order valence-electron chi connectivity index (χ4n) is 1.63. The zero-order valence-corrected chi connectivity index (χ0v) is 10.5. The van der Waals surface area contributed by atoms with E-state index in [1.54, 1.807) is 24.4 Å². The van der Waals surface area contributed by atoms with Gasteiger partial charge < -0.3 is 4.74 Å². The zero-order chi connectivity index (χ0) is 14.8. The molecule has 0 aliphatic rings. The van der Waals surface area contributed by atoms with Crippen molar-refractivity contribution in [2.45, 2.75) is 6.61 Å². The first kappa shape index (κ1) is 10.9. The summed E-state index contributed by atoms with van der Waals surface area (Å²) in [5, 5.41) is 12.1. The SMILES string of the molecule is [3H]n1ccc(OCc2cccnc2-n2nnn(C)c2=O)n1. The number of H-pyrrole nitrogens is 1. The summed E-state index contributed by atoms with van der Waals surface area (Å²) < 4.78 is 14.9. The van der Waals surface area contributed by atoms with Crippen molar-refractivity contribution in [3.05, 3.63) is 46.6 Å². The zero-order valence-electron chi connectivity index (χ0n) is 11.5. The van der Waals surface area contributed by atoms with Crippen molar-refractivity contribution in [2.75, 3.05) is 0 Å². The van der Waals surface area contributed by atoms with E-state index in [1.165, 1.54) is 13.2 Å². The Hall–Kier alpha value is -2.97. The maximum absolute atomic E-state index is 11.9. The van der Waals surface area contributed by atoms with Crippen LogP contribution in [-0.4, -0.2) is 35.0 Å². The molecular weight excluding hydrogens is 262 g/mol. The van der Waals surface area contributed by atoms with E-state index in [-0.39, 0.29) is 6.61 Å². The molecule has 20 heavy (non-hydrogen) atoms. The van der Waals surface area contributed by atoms with Crippen LogP contribution in [-0.2, 0) is 13.7 Å². The van der Waals surface area contributed by atoms with Gasteiger partial charge in [-0.15, -0.1) is 9.78 Å². The Bertz CT molecular complexity index is 822. The van der Waals surface area contributed by atoms with Crippen LogP contribution in [0, 0.1) is 0 Å². The number of nitrogens with zero attached hydrogens (tertiary/aromatic N) is 6. The van der Waals surface area contributed by atoms with Gasteiger partial charge in [-0.2, -0.15) is 4.68 Å². The van der Waals surface area contributed by atoms with Crippen molar-refractivity contribution in [2.24, 2.45) is 7.05 Å². The molecule has 3 heterocycles. The monoisotopic (exact) mass is 275 g/mol. The largest absolute Gasteiger partial charge is 0.472 e. The summed E-state index contributed by atoms with van der Waals surface area (Å²) in [6.45, 7) is 0.142. The number of hydrogen-bond donors (Lipinski definition) is 1. The summed E-state index contributed by atoms with van der Waals surface area (Å²) >= 11 is 0. The molecule has 9 heteroatoms. The summed E-state index contributed by atoms with van der Waals surface area (Å²) in [5.74, 6) is 0.659. The minimum atomic E-state index is -0.398. The van der Waals surface area contributed by atoms with Crippen LogP contribution in [0.1, 0.15) is 5.56 Å². The fraction of sp³-hybridized carbons (Fsp3) is 0.182. The van der Waals surface area contributed by atoms with Crippen LogP contribution in [0.3, 0.4) is 0 Å². The lowest BCUT2D eigenvalue weighted by Crippen LogP contribution is -2.23. The average Bonchev–Trinajstić information content (AvgIpc) is 3.04. The third kappa shape index (κ3) is 2.16. The second kappa shape index (κ2) is 4.96. The number of aromatic nitrogens is 7. The number of rotatable bonds is 4. The van der Waals surface area contributed by atoms with Crippen LogP contribution < -0.4 is 10.4 Å². The lowest BCUT2D eigenvalue weighted by Gasteiger charge is -2.06. The van der Waals surface area contributed by atoms with Gasteiger partial charge in [0.2, 0.25) is 5.88 Å². The number of aryl methyl sites for hydroxylation is 1. The minimum absolute atomic E-state index is 0.142. The van der Waals surface area contributed by atoms with E-state index >= 15 is 0 Å². The van der Waals surface area contributed by atoms with Crippen LogP contribution in [0.15, 0.2) is 35.4 Å². The molecule has 0 aliphatic carbocycles. The van der Waals surface area contributed by atoms with Crippen LogP contribution in [0.5, 0.6) is 5.88 Å². The molecule has 0 aliphatic heterocycles. The summed E-state index contributed by atoms with van der Waals surface area (Å²) in [6.07, 6.45) is 3.01. The number of tetrazole rings is 1. The molecule has 3 aromatic heterocycles. The van der Waals surface area contributed by atoms with Gasteiger partial charge in [0.15, 0.2) is 7.23 Å². The third-order valence-electron chi connectivity index (χ3n) is 2.61. The van der Waals surface area contributed by atoms with Crippen molar-refractivity contribution in [1.82, 2.24) is 35.0 Å². The van der Waals surface area contributed by atoms with Gasteiger partial charge in [0.1, 0.15) is 6.61 Å². The molecule has 0 fully saturated rings. The van der Waals surface area contributed by atoms with E-state index in [9.17, 15) is 4.79 Å². The van der Waals surface area contributed by atoms with Crippen molar-refractivity contribution < 1.29 is 6.15 Å². The van der Waals surface area contributed by atoms with Crippen LogP contribution >= 0.6 is 0 Å². The van der Waals surface area contributed by atoms with Gasteiger partial charge in [0.05, 0.1) is 0 Å². The van der Waals surface area contributed by atoms with Crippen molar-refractivity contribution in [3.8, 4) is 11.7 Å². The molecular formula is C11H11N7O2. The quantitative estimate of drug-likeness (QED) is 0.698. The van der Waals surface area contributed by atoms with Gasteiger partial charge in [-0.05, 0) is 16.5 Å². The molecule has 102 valence electrons. The predicted molar refractivity (Wildman–Crippen MR) is 67.3 cm³/mol. The van der Waals surface area contributed by atoms with Crippen molar-refractivity contribution in [1.29, 1.82) is 0 Å². The highest BCUT2D eigenvalue weighted by molar-refractivity contribution is 5.31. The number of hydrogen-bond acceptors (Lipinski definition) is 6. The number of nitrogens with one attached hydrogen (secondary N) is 1. The molecule has 0 saturated heterocycles. The lowest BCUT2D eigenvalue weighted by atomic mass is 10.3. The maximum atomic E-state index is 11.9. The lowest BCUT2D eigenvalue weighted by molar-refractivity contribution is 0.292. The molecule has 0 saturated carbocycles. The van der Waals surface area contributed by atoms with Gasteiger partial charge in [0.25, 0.3) is 0 Å². The highest BCUT2D eigenvalue weighted by Crippen LogP contribution is 2.12.